The number of carbonyl (C=O) groups is 1. The monoisotopic (exact) mass is 493 g/mol. The number of hydrogen-bond acceptors (Lipinski definition) is 7. The molecule has 0 aliphatic carbocycles. The summed E-state index contributed by atoms with van der Waals surface area (Å²) in [6, 6.07) is 11.6. The lowest BCUT2D eigenvalue weighted by Gasteiger charge is -2.27. The van der Waals surface area contributed by atoms with Crippen LogP contribution in [0.3, 0.4) is 0 Å². The van der Waals surface area contributed by atoms with E-state index in [2.05, 4.69) is 9.88 Å². The zero-order valence-electron chi connectivity index (χ0n) is 17.7. The normalized spacial score (nSPS) is 15.2. The van der Waals surface area contributed by atoms with E-state index >= 15 is 0 Å². The van der Waals surface area contributed by atoms with Crippen molar-refractivity contribution in [2.45, 2.75) is 11.3 Å². The Balaban J connectivity index is 1.59. The molecule has 1 fully saturated rings. The van der Waals surface area contributed by atoms with Crippen LogP contribution in [-0.4, -0.2) is 69.9 Å². The quantitative estimate of drug-likeness (QED) is 0.499. The molecule has 32 heavy (non-hydrogen) atoms. The lowest BCUT2D eigenvalue weighted by Crippen LogP contribution is -2.39. The van der Waals surface area contributed by atoms with Gasteiger partial charge < -0.3 is 4.74 Å². The maximum Gasteiger partial charge on any atom is 0.260 e. The predicted molar refractivity (Wildman–Crippen MR) is 128 cm³/mol. The van der Waals surface area contributed by atoms with Crippen LogP contribution in [-0.2, 0) is 14.6 Å². The summed E-state index contributed by atoms with van der Waals surface area (Å²) >= 11 is 7.72. The second-order valence-electron chi connectivity index (χ2n) is 7.64. The summed E-state index contributed by atoms with van der Waals surface area (Å²) in [6.45, 7) is 4.57. The summed E-state index contributed by atoms with van der Waals surface area (Å²) in [5, 5.41) is 1.12. The van der Waals surface area contributed by atoms with Crippen LogP contribution in [0.1, 0.15) is 16.8 Å². The molecular formula is C22H24ClN3O4S2. The van der Waals surface area contributed by atoms with Gasteiger partial charge in [0.2, 0.25) is 0 Å². The van der Waals surface area contributed by atoms with E-state index in [4.69, 9.17) is 16.3 Å². The van der Waals surface area contributed by atoms with Gasteiger partial charge in [-0.1, -0.05) is 29.0 Å². The Bertz CT molecular complexity index is 1210. The lowest BCUT2D eigenvalue weighted by atomic mass is 10.2. The molecule has 0 unspecified atom stereocenters. The average Bonchev–Trinajstić information content (AvgIpc) is 3.22. The number of rotatable bonds is 7. The molecule has 1 amide bonds. The van der Waals surface area contributed by atoms with Gasteiger partial charge in [-0.25, -0.2) is 13.4 Å². The Morgan fingerprint density at radius 1 is 1.19 bits per heavy atom. The fraction of sp³-hybridized carbons (Fsp3) is 0.364. The van der Waals surface area contributed by atoms with E-state index < -0.39 is 9.84 Å². The third-order valence-electron chi connectivity index (χ3n) is 5.32. The Morgan fingerprint density at radius 2 is 1.91 bits per heavy atom. The van der Waals surface area contributed by atoms with Crippen LogP contribution in [0.15, 0.2) is 47.4 Å². The Kier molecular flexibility index (Phi) is 7.11. The number of halogens is 1. The van der Waals surface area contributed by atoms with Gasteiger partial charge in [-0.05, 0) is 42.8 Å². The van der Waals surface area contributed by atoms with E-state index in [0.29, 0.717) is 27.8 Å². The van der Waals surface area contributed by atoms with Crippen molar-refractivity contribution in [1.29, 1.82) is 0 Å². The fourth-order valence-corrected chi connectivity index (χ4v) is 5.50. The summed E-state index contributed by atoms with van der Waals surface area (Å²) < 4.78 is 29.8. The van der Waals surface area contributed by atoms with E-state index in [-0.39, 0.29) is 10.8 Å². The summed E-state index contributed by atoms with van der Waals surface area (Å²) in [5.74, 6) is -0.220. The SMILES string of the molecule is CS(=O)(=O)c1ccc(C(=O)N(CCCN2CCOCC2)c2nc3c(Cl)cccc3s2)cc1. The number of para-hydroxylation sites is 1. The minimum absolute atomic E-state index is 0.180. The third kappa shape index (κ3) is 5.29. The maximum atomic E-state index is 13.4. The number of anilines is 1. The number of ether oxygens (including phenoxy) is 1. The van der Waals surface area contributed by atoms with Gasteiger partial charge in [-0.2, -0.15) is 0 Å². The molecule has 4 rings (SSSR count). The molecule has 7 nitrogen and oxygen atoms in total. The number of benzene rings is 2. The van der Waals surface area contributed by atoms with Crippen molar-refractivity contribution >= 4 is 54.0 Å². The van der Waals surface area contributed by atoms with Crippen LogP contribution in [0.25, 0.3) is 10.2 Å². The van der Waals surface area contributed by atoms with Crippen molar-refractivity contribution in [2.24, 2.45) is 0 Å². The largest absolute Gasteiger partial charge is 0.379 e. The molecule has 1 aliphatic rings. The maximum absolute atomic E-state index is 13.4. The second-order valence-corrected chi connectivity index (χ2v) is 11.1. The van der Waals surface area contributed by atoms with E-state index in [1.165, 1.54) is 23.5 Å². The average molecular weight is 494 g/mol. The minimum atomic E-state index is -3.33. The number of amides is 1. The standard InChI is InChI=1S/C22H24ClN3O4S2/c1-32(28,29)17-8-6-16(7-9-17)21(27)26(11-3-10-25-12-14-30-15-13-25)22-24-20-18(23)4-2-5-19(20)31-22/h2,4-9H,3,10-15H2,1H3. The first-order chi connectivity index (χ1) is 15.3. The highest BCUT2D eigenvalue weighted by Crippen LogP contribution is 2.33. The lowest BCUT2D eigenvalue weighted by molar-refractivity contribution is 0.0376. The number of morpholine rings is 1. The second kappa shape index (κ2) is 9.84. The van der Waals surface area contributed by atoms with Gasteiger partial charge in [0.1, 0.15) is 5.52 Å². The molecule has 1 saturated heterocycles. The van der Waals surface area contributed by atoms with Crippen molar-refractivity contribution in [2.75, 3.05) is 50.5 Å². The molecule has 10 heteroatoms. The van der Waals surface area contributed by atoms with Crippen molar-refractivity contribution in [3.05, 3.63) is 53.1 Å². The van der Waals surface area contributed by atoms with Crippen LogP contribution in [0.2, 0.25) is 5.02 Å². The first kappa shape index (κ1) is 23.1. The molecule has 2 aromatic carbocycles. The molecule has 2 heterocycles. The van der Waals surface area contributed by atoms with Crippen molar-refractivity contribution < 1.29 is 17.9 Å². The number of fused-ring (bicyclic) bond motifs is 1. The molecule has 0 bridgehead atoms. The van der Waals surface area contributed by atoms with E-state index in [0.717, 1.165) is 50.2 Å². The Hall–Kier alpha value is -2.04. The van der Waals surface area contributed by atoms with Crippen LogP contribution >= 0.6 is 22.9 Å². The zero-order chi connectivity index (χ0) is 22.7. The van der Waals surface area contributed by atoms with Gasteiger partial charge in [-0.15, -0.1) is 0 Å². The van der Waals surface area contributed by atoms with Crippen LogP contribution < -0.4 is 4.90 Å². The molecule has 170 valence electrons. The molecule has 0 N–H and O–H groups in total. The first-order valence-electron chi connectivity index (χ1n) is 10.3. The van der Waals surface area contributed by atoms with Crippen molar-refractivity contribution in [3.63, 3.8) is 0 Å². The van der Waals surface area contributed by atoms with Gasteiger partial charge in [0.15, 0.2) is 15.0 Å². The molecule has 0 atom stereocenters. The van der Waals surface area contributed by atoms with E-state index in [1.54, 1.807) is 23.1 Å². The minimum Gasteiger partial charge on any atom is -0.379 e. The molecule has 0 spiro atoms. The third-order valence-corrected chi connectivity index (χ3v) is 7.80. The topological polar surface area (TPSA) is 79.8 Å². The molecule has 3 aromatic rings. The summed E-state index contributed by atoms with van der Waals surface area (Å²) in [5.41, 5.74) is 1.08. The van der Waals surface area contributed by atoms with Gasteiger partial charge in [0, 0.05) is 38.0 Å². The van der Waals surface area contributed by atoms with Gasteiger partial charge in [0.25, 0.3) is 5.91 Å². The number of hydrogen-bond donors (Lipinski definition) is 0. The zero-order valence-corrected chi connectivity index (χ0v) is 20.0. The highest BCUT2D eigenvalue weighted by Gasteiger charge is 2.23. The number of nitrogens with zero attached hydrogens (tertiary/aromatic N) is 3. The van der Waals surface area contributed by atoms with Crippen molar-refractivity contribution in [1.82, 2.24) is 9.88 Å². The van der Waals surface area contributed by atoms with Crippen LogP contribution in [0, 0.1) is 0 Å². The van der Waals surface area contributed by atoms with E-state index in [1.807, 2.05) is 12.1 Å². The van der Waals surface area contributed by atoms with E-state index in [9.17, 15) is 13.2 Å². The molecule has 0 radical (unpaired) electrons. The molecule has 0 saturated carbocycles. The van der Waals surface area contributed by atoms with Gasteiger partial charge >= 0.3 is 0 Å². The highest BCUT2D eigenvalue weighted by atomic mass is 35.5. The smallest absolute Gasteiger partial charge is 0.260 e. The van der Waals surface area contributed by atoms with Gasteiger partial charge in [0.05, 0.1) is 27.8 Å². The summed E-state index contributed by atoms with van der Waals surface area (Å²) in [6.07, 6.45) is 1.92. The molecular weight excluding hydrogens is 470 g/mol. The molecule has 1 aromatic heterocycles. The highest BCUT2D eigenvalue weighted by molar-refractivity contribution is 7.90. The van der Waals surface area contributed by atoms with Crippen LogP contribution in [0.5, 0.6) is 0 Å². The number of carbonyl (C=O) groups excluding carboxylic acids is 1. The fourth-order valence-electron chi connectivity index (χ4n) is 3.58. The summed E-state index contributed by atoms with van der Waals surface area (Å²) in [4.78, 5) is 22.2. The number of thiazole rings is 1. The van der Waals surface area contributed by atoms with Crippen molar-refractivity contribution in [3.8, 4) is 0 Å². The molecule has 1 aliphatic heterocycles. The number of sulfone groups is 1. The van der Waals surface area contributed by atoms with Gasteiger partial charge in [-0.3, -0.25) is 14.6 Å². The van der Waals surface area contributed by atoms with Crippen LogP contribution in [0.4, 0.5) is 5.13 Å². The Morgan fingerprint density at radius 3 is 2.56 bits per heavy atom. The predicted octanol–water partition coefficient (Wildman–Crippen LogP) is 3.72. The number of aromatic nitrogens is 1. The first-order valence-corrected chi connectivity index (χ1v) is 13.4. The Labute approximate surface area is 196 Å². The summed E-state index contributed by atoms with van der Waals surface area (Å²) in [7, 11) is -3.33.